The average molecular weight is 1730 g/mol. The van der Waals surface area contributed by atoms with Crippen molar-refractivity contribution in [2.24, 2.45) is 0 Å². The van der Waals surface area contributed by atoms with E-state index in [1.807, 2.05) is 0 Å². The molecule has 0 spiro atoms. The van der Waals surface area contributed by atoms with Crippen LogP contribution in [0.2, 0.25) is 0 Å². The van der Waals surface area contributed by atoms with Gasteiger partial charge in [-0.1, -0.05) is 421 Å². The number of aryl methyl sites for hydroxylation is 12. The molecule has 5 unspecified atom stereocenters. The number of hydrogen-bond acceptors (Lipinski definition) is 0. The molecule has 10 aliphatic rings. The highest BCUT2D eigenvalue weighted by atomic mass is 14.5. The molecule has 11 aromatic rings. The Balaban J connectivity index is 0.000000115. The van der Waals surface area contributed by atoms with E-state index in [4.69, 9.17) is 0 Å². The van der Waals surface area contributed by atoms with Gasteiger partial charge in [0, 0.05) is 28.1 Å². The number of rotatable bonds is 29. The summed E-state index contributed by atoms with van der Waals surface area (Å²) in [6.07, 6.45) is 63.5. The molecule has 11 aromatic carbocycles. The summed E-state index contributed by atoms with van der Waals surface area (Å²) in [5.41, 5.74) is 62.0. The van der Waals surface area contributed by atoms with Crippen molar-refractivity contribution < 1.29 is 0 Å². The summed E-state index contributed by atoms with van der Waals surface area (Å²) >= 11 is 0. The van der Waals surface area contributed by atoms with Crippen molar-refractivity contribution in [1.82, 2.24) is 0 Å². The summed E-state index contributed by atoms with van der Waals surface area (Å²) in [6.45, 7) is 38.7. The van der Waals surface area contributed by atoms with E-state index >= 15 is 0 Å². The van der Waals surface area contributed by atoms with E-state index in [2.05, 4.69) is 330 Å². The molecule has 131 heavy (non-hydrogen) atoms. The highest BCUT2D eigenvalue weighted by Crippen LogP contribution is 2.63. The van der Waals surface area contributed by atoms with Gasteiger partial charge < -0.3 is 0 Å². The second-order valence-corrected chi connectivity index (χ2v) is 42.3. The fraction of sp³-hybridized carbons (Fsp3) is 0.420. The number of benzene rings is 11. The molecule has 21 rings (SSSR count). The third-order valence-electron chi connectivity index (χ3n) is 32.9. The molecule has 0 saturated heterocycles. The van der Waals surface area contributed by atoms with Crippen molar-refractivity contribution in [3.8, 4) is 55.6 Å². The molecule has 0 nitrogen and oxygen atoms in total. The maximum atomic E-state index is 2.54. The van der Waals surface area contributed by atoms with Crippen LogP contribution in [0.15, 0.2) is 188 Å². The summed E-state index contributed by atoms with van der Waals surface area (Å²) in [5.74, 6) is 1.10. The first-order valence-electron chi connectivity index (χ1n) is 52.4. The van der Waals surface area contributed by atoms with Gasteiger partial charge in [0.15, 0.2) is 0 Å². The van der Waals surface area contributed by atoms with Crippen LogP contribution in [-0.4, -0.2) is 0 Å². The maximum Gasteiger partial charge on any atom is 0.0255 e. The first-order chi connectivity index (χ1) is 63.7. The number of hydrogen-bond donors (Lipinski definition) is 0. The monoisotopic (exact) mass is 1730 g/mol. The van der Waals surface area contributed by atoms with Crippen LogP contribution in [0.5, 0.6) is 0 Å². The Hall–Kier alpha value is -9.88. The summed E-state index contributed by atoms with van der Waals surface area (Å²) in [6, 6.07) is 63.0. The molecule has 0 heterocycles. The lowest BCUT2D eigenvalue weighted by atomic mass is 9.67. The van der Waals surface area contributed by atoms with Crippen LogP contribution >= 0.6 is 0 Å². The minimum absolute atomic E-state index is 0.211. The van der Waals surface area contributed by atoms with Gasteiger partial charge in [0.1, 0.15) is 0 Å². The van der Waals surface area contributed by atoms with Crippen molar-refractivity contribution in [1.29, 1.82) is 0 Å². The van der Waals surface area contributed by atoms with Crippen LogP contribution in [0.3, 0.4) is 0 Å². The normalized spacial score (nSPS) is 18.5. The van der Waals surface area contributed by atoms with Crippen LogP contribution < -0.4 is 0 Å². The molecule has 678 valence electrons. The van der Waals surface area contributed by atoms with Gasteiger partial charge in [0.2, 0.25) is 0 Å². The van der Waals surface area contributed by atoms with Gasteiger partial charge in [0.05, 0.1) is 0 Å². The topological polar surface area (TPSA) is 0 Å². The zero-order valence-corrected chi connectivity index (χ0v) is 83.7. The highest BCUT2D eigenvalue weighted by Gasteiger charge is 2.49. The molecule has 0 fully saturated rings. The Morgan fingerprint density at radius 2 is 0.687 bits per heavy atom. The van der Waals surface area contributed by atoms with Gasteiger partial charge in [-0.3, -0.25) is 0 Å². The lowest BCUT2D eigenvalue weighted by Crippen LogP contribution is -2.28. The molecule has 5 atom stereocenters. The molecule has 0 radical (unpaired) electrons. The Morgan fingerprint density at radius 1 is 0.275 bits per heavy atom. The van der Waals surface area contributed by atoms with Crippen LogP contribution in [0.25, 0.3) is 91.6 Å². The Kier molecular flexibility index (Phi) is 28.7. The fourth-order valence-corrected chi connectivity index (χ4v) is 26.1. The molecule has 0 bridgehead atoms. The minimum Gasteiger partial charge on any atom is -0.0827 e. The third kappa shape index (κ3) is 18.0. The first kappa shape index (κ1) is 92.9. The first-order valence-corrected chi connectivity index (χ1v) is 52.4. The molecule has 0 N–H and O–H groups in total. The van der Waals surface area contributed by atoms with Crippen molar-refractivity contribution in [3.05, 3.63) is 349 Å². The second kappa shape index (κ2) is 40.5. The molecule has 0 heteroatoms. The van der Waals surface area contributed by atoms with Gasteiger partial charge in [-0.2, -0.15) is 0 Å². The zero-order valence-electron chi connectivity index (χ0n) is 83.7. The summed E-state index contributed by atoms with van der Waals surface area (Å²) < 4.78 is 0. The van der Waals surface area contributed by atoms with Gasteiger partial charge >= 0.3 is 0 Å². The molecule has 0 saturated carbocycles. The maximum absolute atomic E-state index is 2.54. The highest BCUT2D eigenvalue weighted by molar-refractivity contribution is 5.96. The van der Waals surface area contributed by atoms with Gasteiger partial charge in [-0.25, -0.2) is 0 Å². The van der Waals surface area contributed by atoms with Crippen LogP contribution in [0.4, 0.5) is 0 Å². The molecular formula is C131H154. The van der Waals surface area contributed by atoms with E-state index in [0.29, 0.717) is 11.8 Å². The van der Waals surface area contributed by atoms with E-state index < -0.39 is 0 Å². The van der Waals surface area contributed by atoms with Crippen LogP contribution in [0, 0.1) is 90.0 Å². The van der Waals surface area contributed by atoms with E-state index in [1.165, 1.54) is 372 Å². The lowest BCUT2D eigenvalue weighted by molar-refractivity contribution is 0.447. The summed E-state index contributed by atoms with van der Waals surface area (Å²) in [5, 5.41) is 0. The SMILES string of the molecule is CCCCCCCCC12CC=Cc3c(C)c(C)cc(c31)-c1ccc(C)cc12.CCCCCCCCC12CC=Cc3c(C)cc(C)c(c31)-c1ccc(C)cc12.CCCCCCCCC12CC=Cc3c(C)ccc(c31)-c1c(C)cc(C)cc12.CCCCCCCCC1=Cc2c(C)ccc3c2C(C1)c1cc(C)ccc1-3.Cc1ccc2c(c1)C1CC(c3ccccc3)=Cc3c(C)ccc-2c31. The second-order valence-electron chi connectivity index (χ2n) is 42.3. The molecule has 0 aromatic heterocycles. The predicted octanol–water partition coefficient (Wildman–Crippen LogP) is 38.5. The number of unbranched alkanes of at least 4 members (excludes halogenated alkanes) is 20. The van der Waals surface area contributed by atoms with Crippen molar-refractivity contribution >= 4 is 36.0 Å². The zero-order chi connectivity index (χ0) is 91.4. The van der Waals surface area contributed by atoms with Gasteiger partial charge in [-0.15, -0.1) is 0 Å². The smallest absolute Gasteiger partial charge is 0.0255 e. The van der Waals surface area contributed by atoms with E-state index in [9.17, 15) is 0 Å². The van der Waals surface area contributed by atoms with Crippen molar-refractivity contribution in [2.75, 3.05) is 0 Å². The standard InChI is InChI=1S/3C27H34.C26H32.C24H20/c1-5-6-7-8-9-10-15-27-16-11-12-22-20(3)13-14-23(26(22)27)25-21(4)17-19(2)18-24(25)27;1-5-6-7-8-9-10-15-27-16-11-12-22-21(4)20(3)18-24(26(22)27)23-14-13-19(2)17-25(23)27;1-5-6-7-8-9-10-15-27-16-11-12-22-20(3)18-21(4)25(26(22)27)23-14-13-19(2)17-24(23)27;1-4-5-6-7-8-9-10-20-16-23-19(3)12-14-22-21-13-11-18(2)15-24(21)25(17-20)26(22)23;1-15-8-10-19-20-11-9-16(2)21-13-18(17-6-4-3-5-7-17)14-23(24(20)21)22(19)12-15/h3*11-14,17-18H,5-10,15-16H2,1-4H3;11-16,25H,4-10,17H2,1-3H3;3-13,23H,14H2,1-2H3. The summed E-state index contributed by atoms with van der Waals surface area (Å²) in [7, 11) is 0. The lowest BCUT2D eigenvalue weighted by Gasteiger charge is -2.36. The van der Waals surface area contributed by atoms with Crippen molar-refractivity contribution in [2.45, 2.75) is 358 Å². The van der Waals surface area contributed by atoms with Gasteiger partial charge in [0.25, 0.3) is 0 Å². The molecule has 0 amide bonds. The van der Waals surface area contributed by atoms with E-state index in [0.717, 1.165) is 6.42 Å². The largest absolute Gasteiger partial charge is 0.0827 e. The predicted molar refractivity (Wildman–Crippen MR) is 571 cm³/mol. The molecule has 10 aliphatic carbocycles. The average Bonchev–Trinajstić information content (AvgIpc) is 1.55. The van der Waals surface area contributed by atoms with Gasteiger partial charge in [-0.05, 0) is 349 Å². The molecule has 0 aliphatic heterocycles. The number of allylic oxidation sites excluding steroid dienone is 5. The van der Waals surface area contributed by atoms with Crippen LogP contribution in [0.1, 0.15) is 413 Å². The van der Waals surface area contributed by atoms with Crippen molar-refractivity contribution in [3.63, 3.8) is 0 Å². The quantitative estimate of drug-likeness (QED) is 0.0410. The Labute approximate surface area is 792 Å². The van der Waals surface area contributed by atoms with E-state index in [-0.39, 0.29) is 16.2 Å². The minimum atomic E-state index is 0.211. The Bertz CT molecular complexity index is 6220. The summed E-state index contributed by atoms with van der Waals surface area (Å²) in [4.78, 5) is 0. The van der Waals surface area contributed by atoms with E-state index in [1.54, 1.807) is 61.2 Å². The van der Waals surface area contributed by atoms with Crippen LogP contribution in [-0.2, 0) is 16.2 Å². The third-order valence-corrected chi connectivity index (χ3v) is 32.9. The Morgan fingerprint density at radius 3 is 1.24 bits per heavy atom. The fourth-order valence-electron chi connectivity index (χ4n) is 26.1. The molecular weight excluding hydrogens is 1570 g/mol. The number of fused-ring (bicyclic) bond motifs is 15.